The van der Waals surface area contributed by atoms with Crippen LogP contribution in [0.15, 0.2) is 57.2 Å². The molecule has 0 saturated heterocycles. The van der Waals surface area contributed by atoms with Crippen LogP contribution in [-0.4, -0.2) is 31.1 Å². The van der Waals surface area contributed by atoms with Crippen molar-refractivity contribution < 1.29 is 22.7 Å². The smallest absolute Gasteiger partial charge is 0.431 e. The Balaban J connectivity index is 2.02. The number of ether oxygens (including phenoxy) is 1. The minimum absolute atomic E-state index is 0.0256. The van der Waals surface area contributed by atoms with E-state index in [9.17, 15) is 27.6 Å². The van der Waals surface area contributed by atoms with E-state index in [2.05, 4.69) is 9.97 Å². The van der Waals surface area contributed by atoms with Crippen molar-refractivity contribution in [2.45, 2.75) is 11.2 Å². The second-order valence-electron chi connectivity index (χ2n) is 5.76. The molecule has 0 unspecified atom stereocenters. The van der Waals surface area contributed by atoms with Crippen LogP contribution in [-0.2, 0) is 18.0 Å². The van der Waals surface area contributed by atoms with E-state index in [1.54, 1.807) is 12.1 Å². The highest BCUT2D eigenvalue weighted by molar-refractivity contribution is 7.99. The van der Waals surface area contributed by atoms with Gasteiger partial charge in [-0.05, 0) is 18.2 Å². The predicted molar refractivity (Wildman–Crippen MR) is 101 cm³/mol. The third kappa shape index (κ3) is 4.43. The first-order valence-corrected chi connectivity index (χ1v) is 9.28. The SMILES string of the molecule is Cn1c(C(F)(F)F)cc(=O)n(-c2cccc(Oc3cccnc3SCC=O)n2)c1=O. The Hall–Kier alpha value is -3.41. The fraction of sp³-hybridized carbons (Fsp3) is 0.167. The Bertz CT molecular complexity index is 1210. The van der Waals surface area contributed by atoms with Crippen molar-refractivity contribution in [1.29, 1.82) is 0 Å². The first-order chi connectivity index (χ1) is 14.2. The summed E-state index contributed by atoms with van der Waals surface area (Å²) in [7, 11) is 0.910. The van der Waals surface area contributed by atoms with Gasteiger partial charge in [-0.15, -0.1) is 0 Å². The fourth-order valence-corrected chi connectivity index (χ4v) is 3.09. The number of aldehydes is 1. The molecule has 12 heteroatoms. The van der Waals surface area contributed by atoms with Gasteiger partial charge in [0.2, 0.25) is 5.88 Å². The van der Waals surface area contributed by atoms with Crippen molar-refractivity contribution in [2.75, 3.05) is 5.75 Å². The Morgan fingerprint density at radius 2 is 1.97 bits per heavy atom. The maximum Gasteiger partial charge on any atom is 0.431 e. The highest BCUT2D eigenvalue weighted by Crippen LogP contribution is 2.30. The molecule has 3 rings (SSSR count). The van der Waals surface area contributed by atoms with E-state index < -0.39 is 23.1 Å². The summed E-state index contributed by atoms with van der Waals surface area (Å²) in [5, 5.41) is 0.416. The summed E-state index contributed by atoms with van der Waals surface area (Å²) in [4.78, 5) is 43.4. The van der Waals surface area contributed by atoms with Crippen LogP contribution in [0.4, 0.5) is 13.2 Å². The molecule has 3 aromatic rings. The number of hydrogen-bond acceptors (Lipinski definition) is 7. The summed E-state index contributed by atoms with van der Waals surface area (Å²) < 4.78 is 45.5. The van der Waals surface area contributed by atoms with Gasteiger partial charge in [-0.1, -0.05) is 17.8 Å². The van der Waals surface area contributed by atoms with Gasteiger partial charge >= 0.3 is 11.9 Å². The number of rotatable bonds is 6. The first kappa shape index (κ1) is 21.3. The van der Waals surface area contributed by atoms with Crippen molar-refractivity contribution in [3.8, 4) is 17.4 Å². The molecule has 0 aliphatic carbocycles. The molecule has 30 heavy (non-hydrogen) atoms. The summed E-state index contributed by atoms with van der Waals surface area (Å²) >= 11 is 1.13. The summed E-state index contributed by atoms with van der Waals surface area (Å²) in [6, 6.07) is 7.65. The molecule has 0 atom stereocenters. The number of alkyl halides is 3. The highest BCUT2D eigenvalue weighted by atomic mass is 32.2. The molecule has 0 aliphatic rings. The van der Waals surface area contributed by atoms with Crippen LogP contribution >= 0.6 is 11.8 Å². The van der Waals surface area contributed by atoms with Crippen LogP contribution in [0.2, 0.25) is 0 Å². The number of halogens is 3. The molecule has 8 nitrogen and oxygen atoms in total. The minimum atomic E-state index is -4.86. The molecule has 0 spiro atoms. The maximum atomic E-state index is 13.0. The van der Waals surface area contributed by atoms with Gasteiger partial charge in [0.1, 0.15) is 22.8 Å². The largest absolute Gasteiger partial charge is 0.436 e. The lowest BCUT2D eigenvalue weighted by Crippen LogP contribution is -2.41. The number of thioether (sulfide) groups is 1. The molecule has 0 radical (unpaired) electrons. The van der Waals surface area contributed by atoms with Gasteiger partial charge in [-0.2, -0.15) is 18.2 Å². The summed E-state index contributed by atoms with van der Waals surface area (Å²) in [5.41, 5.74) is -3.75. The summed E-state index contributed by atoms with van der Waals surface area (Å²) in [5.74, 6) is 0.194. The standard InChI is InChI=1S/C18H13F3N4O4S/c1-24-12(18(19,20)21)10-15(27)25(17(24)28)13-5-2-6-14(23-13)29-11-4-3-7-22-16(11)30-9-8-26/h2-8,10H,9H2,1H3. The van der Waals surface area contributed by atoms with Gasteiger partial charge in [0, 0.05) is 25.4 Å². The summed E-state index contributed by atoms with van der Waals surface area (Å²) in [6.07, 6.45) is -2.65. The van der Waals surface area contributed by atoms with Gasteiger partial charge in [-0.3, -0.25) is 9.36 Å². The van der Waals surface area contributed by atoms with Crippen molar-refractivity contribution in [3.05, 3.63) is 69.1 Å². The van der Waals surface area contributed by atoms with Crippen LogP contribution < -0.4 is 16.0 Å². The molecular weight excluding hydrogens is 425 g/mol. The zero-order valence-corrected chi connectivity index (χ0v) is 16.1. The molecule has 3 aromatic heterocycles. The Kier molecular flexibility index (Phi) is 6.06. The van der Waals surface area contributed by atoms with E-state index in [1.165, 1.54) is 24.4 Å². The van der Waals surface area contributed by atoms with Crippen molar-refractivity contribution in [1.82, 2.24) is 19.1 Å². The number of nitrogens with zero attached hydrogens (tertiary/aromatic N) is 4. The van der Waals surface area contributed by atoms with Crippen molar-refractivity contribution in [2.24, 2.45) is 7.05 Å². The van der Waals surface area contributed by atoms with E-state index in [0.29, 0.717) is 26.5 Å². The minimum Gasteiger partial charge on any atom is -0.436 e. The first-order valence-electron chi connectivity index (χ1n) is 8.29. The molecule has 0 bridgehead atoms. The van der Waals surface area contributed by atoms with Crippen molar-refractivity contribution >= 4 is 18.0 Å². The molecule has 0 aromatic carbocycles. The molecule has 0 aliphatic heterocycles. The molecule has 156 valence electrons. The highest BCUT2D eigenvalue weighted by Gasteiger charge is 2.35. The quantitative estimate of drug-likeness (QED) is 0.431. The lowest BCUT2D eigenvalue weighted by Gasteiger charge is -2.14. The van der Waals surface area contributed by atoms with E-state index in [4.69, 9.17) is 4.74 Å². The molecule has 0 amide bonds. The predicted octanol–water partition coefficient (Wildman–Crippen LogP) is 2.43. The zero-order valence-electron chi connectivity index (χ0n) is 15.3. The van der Waals surface area contributed by atoms with Gasteiger partial charge in [0.25, 0.3) is 5.56 Å². The Morgan fingerprint density at radius 3 is 2.67 bits per heavy atom. The van der Waals surface area contributed by atoms with Crippen LogP contribution in [0.25, 0.3) is 5.82 Å². The van der Waals surface area contributed by atoms with Gasteiger partial charge in [0.15, 0.2) is 5.75 Å². The third-order valence-electron chi connectivity index (χ3n) is 3.79. The van der Waals surface area contributed by atoms with Gasteiger partial charge in [0.05, 0.1) is 5.75 Å². The van der Waals surface area contributed by atoms with Crippen LogP contribution in [0.3, 0.4) is 0 Å². The van der Waals surface area contributed by atoms with E-state index in [1.807, 2.05) is 0 Å². The number of hydrogen-bond donors (Lipinski definition) is 0. The van der Waals surface area contributed by atoms with Gasteiger partial charge in [-0.25, -0.2) is 14.3 Å². The van der Waals surface area contributed by atoms with E-state index in [-0.39, 0.29) is 23.2 Å². The van der Waals surface area contributed by atoms with Crippen LogP contribution in [0.1, 0.15) is 5.69 Å². The summed E-state index contributed by atoms with van der Waals surface area (Å²) in [6.45, 7) is 0. The Morgan fingerprint density at radius 1 is 1.20 bits per heavy atom. The average molecular weight is 438 g/mol. The number of carbonyl (C=O) groups is 1. The molecule has 0 N–H and O–H groups in total. The van der Waals surface area contributed by atoms with Crippen molar-refractivity contribution in [3.63, 3.8) is 0 Å². The Labute approximate surface area is 171 Å². The number of pyridine rings is 2. The fourth-order valence-electron chi connectivity index (χ4n) is 2.48. The molecule has 3 heterocycles. The van der Waals surface area contributed by atoms with Crippen LogP contribution in [0, 0.1) is 0 Å². The van der Waals surface area contributed by atoms with Gasteiger partial charge < -0.3 is 9.53 Å². The monoisotopic (exact) mass is 438 g/mol. The zero-order chi connectivity index (χ0) is 21.9. The van der Waals surface area contributed by atoms with E-state index >= 15 is 0 Å². The lowest BCUT2D eigenvalue weighted by atomic mass is 10.3. The third-order valence-corrected chi connectivity index (χ3v) is 4.67. The molecular formula is C18H13F3N4O4S. The van der Waals surface area contributed by atoms with E-state index in [0.717, 1.165) is 18.8 Å². The lowest BCUT2D eigenvalue weighted by molar-refractivity contribution is -0.144. The number of aromatic nitrogens is 4. The average Bonchev–Trinajstić information content (AvgIpc) is 2.70. The second kappa shape index (κ2) is 8.53. The maximum absolute atomic E-state index is 13.0. The molecule has 0 saturated carbocycles. The molecule has 0 fully saturated rings. The topological polar surface area (TPSA) is 96.1 Å². The number of carbonyl (C=O) groups excluding carboxylic acids is 1. The van der Waals surface area contributed by atoms with Crippen LogP contribution in [0.5, 0.6) is 11.6 Å². The second-order valence-corrected chi connectivity index (χ2v) is 6.77. The normalized spacial score (nSPS) is 11.3.